The van der Waals surface area contributed by atoms with Gasteiger partial charge in [0.05, 0.1) is 11.5 Å². The molecule has 34 heavy (non-hydrogen) atoms. The Morgan fingerprint density at radius 2 is 1.82 bits per heavy atom. The van der Waals surface area contributed by atoms with E-state index in [1.165, 1.54) is 0 Å². The van der Waals surface area contributed by atoms with Gasteiger partial charge in [0.1, 0.15) is 6.54 Å². The largest absolute Gasteiger partial charge is 0.378 e. The molecule has 178 valence electrons. The lowest BCUT2D eigenvalue weighted by atomic mass is 10.1. The minimum atomic E-state index is -0.755. The second-order valence-corrected chi connectivity index (χ2v) is 8.69. The molecule has 0 spiro atoms. The van der Waals surface area contributed by atoms with Crippen molar-refractivity contribution in [3.63, 3.8) is 0 Å². The molecule has 1 aliphatic rings. The Balaban J connectivity index is 1.62. The number of benzene rings is 2. The number of nitrogens with two attached hydrogens (primary N) is 1. The molecule has 1 unspecified atom stereocenters. The molecule has 2 heterocycles. The number of primary amides is 1. The molecular formula is C25H29N5O4. The molecule has 0 bridgehead atoms. The van der Waals surface area contributed by atoms with E-state index in [9.17, 15) is 14.4 Å². The fourth-order valence-corrected chi connectivity index (χ4v) is 4.16. The lowest BCUT2D eigenvalue weighted by Gasteiger charge is -2.26. The Labute approximate surface area is 197 Å². The Morgan fingerprint density at radius 3 is 2.44 bits per heavy atom. The van der Waals surface area contributed by atoms with E-state index in [-0.39, 0.29) is 24.2 Å². The summed E-state index contributed by atoms with van der Waals surface area (Å²) >= 11 is 0. The third kappa shape index (κ3) is 5.09. The smallest absolute Gasteiger partial charge is 0.275 e. The van der Waals surface area contributed by atoms with Crippen molar-refractivity contribution in [1.82, 2.24) is 14.7 Å². The van der Waals surface area contributed by atoms with Crippen molar-refractivity contribution in [1.29, 1.82) is 0 Å². The normalized spacial score (nSPS) is 15.4. The first kappa shape index (κ1) is 23.4. The van der Waals surface area contributed by atoms with Gasteiger partial charge in [0.15, 0.2) is 5.69 Å². The summed E-state index contributed by atoms with van der Waals surface area (Å²) in [7, 11) is 3.94. The van der Waals surface area contributed by atoms with Crippen LogP contribution in [0.4, 0.5) is 5.69 Å². The fourth-order valence-electron chi connectivity index (χ4n) is 4.16. The zero-order chi connectivity index (χ0) is 24.2. The van der Waals surface area contributed by atoms with Crippen LogP contribution in [-0.4, -0.2) is 59.8 Å². The molecule has 1 aromatic heterocycles. The van der Waals surface area contributed by atoms with E-state index >= 15 is 0 Å². The van der Waals surface area contributed by atoms with Crippen molar-refractivity contribution in [2.45, 2.75) is 32.0 Å². The minimum Gasteiger partial charge on any atom is -0.378 e. The van der Waals surface area contributed by atoms with E-state index in [0.717, 1.165) is 28.8 Å². The summed E-state index contributed by atoms with van der Waals surface area (Å²) in [6.45, 7) is 1.17. The Hall–Kier alpha value is -3.72. The summed E-state index contributed by atoms with van der Waals surface area (Å²) in [6.07, 6.45) is 1.79. The first-order chi connectivity index (χ1) is 16.3. The Bertz CT molecular complexity index is 1250. The Kier molecular flexibility index (Phi) is 6.93. The third-order valence-corrected chi connectivity index (χ3v) is 6.01. The highest BCUT2D eigenvalue weighted by Gasteiger charge is 2.24. The maximum Gasteiger partial charge on any atom is 0.275 e. The van der Waals surface area contributed by atoms with Gasteiger partial charge >= 0.3 is 0 Å². The molecular weight excluding hydrogens is 434 g/mol. The number of rotatable bonds is 8. The Morgan fingerprint density at radius 1 is 1.12 bits per heavy atom. The molecule has 0 aliphatic carbocycles. The highest BCUT2D eigenvalue weighted by Crippen LogP contribution is 2.18. The zero-order valence-corrected chi connectivity index (χ0v) is 19.4. The van der Waals surface area contributed by atoms with Crippen LogP contribution in [0, 0.1) is 0 Å². The number of carbonyl (C=O) groups is 2. The minimum absolute atomic E-state index is 0.0343. The standard InChI is InChI=1S/C25H29N5O4/c1-28(2)18-11-9-17(10-12-18)14-29(15-19-6-5-13-34-19)22(31)16-30-25(33)21-8-4-3-7-20(21)23(27-30)24(26)32/h3-4,7-12,19H,5-6,13-16H2,1-2H3,(H2,26,32). The van der Waals surface area contributed by atoms with Crippen molar-refractivity contribution in [3.05, 3.63) is 70.1 Å². The number of hydrogen-bond donors (Lipinski definition) is 1. The van der Waals surface area contributed by atoms with Gasteiger partial charge in [-0.2, -0.15) is 5.10 Å². The van der Waals surface area contributed by atoms with Gasteiger partial charge in [-0.15, -0.1) is 0 Å². The molecule has 4 rings (SSSR count). The molecule has 0 radical (unpaired) electrons. The van der Waals surface area contributed by atoms with E-state index in [0.29, 0.717) is 30.5 Å². The molecule has 1 aliphatic heterocycles. The molecule has 9 heteroatoms. The van der Waals surface area contributed by atoms with Crippen LogP contribution in [0.15, 0.2) is 53.3 Å². The second-order valence-electron chi connectivity index (χ2n) is 8.69. The van der Waals surface area contributed by atoms with Crippen LogP contribution in [0.2, 0.25) is 0 Å². The van der Waals surface area contributed by atoms with Gasteiger partial charge in [-0.25, -0.2) is 4.68 Å². The molecule has 1 fully saturated rings. The summed E-state index contributed by atoms with van der Waals surface area (Å²) in [5.74, 6) is -1.04. The van der Waals surface area contributed by atoms with E-state index in [1.54, 1.807) is 29.2 Å². The van der Waals surface area contributed by atoms with E-state index in [4.69, 9.17) is 10.5 Å². The van der Waals surface area contributed by atoms with E-state index in [2.05, 4.69) is 5.10 Å². The number of hydrogen-bond acceptors (Lipinski definition) is 6. The van der Waals surface area contributed by atoms with E-state index < -0.39 is 11.5 Å². The quantitative estimate of drug-likeness (QED) is 0.545. The number of fused-ring (bicyclic) bond motifs is 1. The summed E-state index contributed by atoms with van der Waals surface area (Å²) in [6, 6.07) is 14.6. The lowest BCUT2D eigenvalue weighted by molar-refractivity contribution is -0.134. The van der Waals surface area contributed by atoms with Crippen molar-refractivity contribution in [2.24, 2.45) is 5.73 Å². The van der Waals surface area contributed by atoms with Gasteiger partial charge in [0.25, 0.3) is 11.5 Å². The van der Waals surface area contributed by atoms with Crippen LogP contribution in [-0.2, 0) is 22.6 Å². The highest BCUT2D eigenvalue weighted by atomic mass is 16.5. The summed E-state index contributed by atoms with van der Waals surface area (Å²) in [5.41, 5.74) is 7.05. The molecule has 2 aromatic carbocycles. The van der Waals surface area contributed by atoms with Crippen LogP contribution in [0.25, 0.3) is 10.8 Å². The van der Waals surface area contributed by atoms with Gasteiger partial charge in [0.2, 0.25) is 5.91 Å². The molecule has 1 saturated heterocycles. The van der Waals surface area contributed by atoms with Crippen LogP contribution < -0.4 is 16.2 Å². The monoisotopic (exact) mass is 463 g/mol. The van der Waals surface area contributed by atoms with Crippen LogP contribution in [0.3, 0.4) is 0 Å². The van der Waals surface area contributed by atoms with Gasteiger partial charge in [-0.05, 0) is 36.6 Å². The molecule has 2 N–H and O–H groups in total. The first-order valence-corrected chi connectivity index (χ1v) is 11.3. The van der Waals surface area contributed by atoms with Crippen LogP contribution in [0.5, 0.6) is 0 Å². The summed E-state index contributed by atoms with van der Waals surface area (Å²) in [5, 5.41) is 4.81. The topological polar surface area (TPSA) is 111 Å². The SMILES string of the molecule is CN(C)c1ccc(CN(CC2CCCO2)C(=O)Cn2nc(C(N)=O)c3ccccc3c2=O)cc1. The summed E-state index contributed by atoms with van der Waals surface area (Å²) in [4.78, 5) is 42.1. The number of carbonyl (C=O) groups excluding carboxylic acids is 2. The molecule has 0 saturated carbocycles. The second kappa shape index (κ2) is 10.0. The zero-order valence-electron chi connectivity index (χ0n) is 19.4. The molecule has 1 atom stereocenters. The number of nitrogens with zero attached hydrogens (tertiary/aromatic N) is 4. The predicted molar refractivity (Wildman–Crippen MR) is 130 cm³/mol. The number of anilines is 1. The van der Waals surface area contributed by atoms with Crippen LogP contribution >= 0.6 is 0 Å². The van der Waals surface area contributed by atoms with Gasteiger partial charge in [0, 0.05) is 44.9 Å². The molecule has 9 nitrogen and oxygen atoms in total. The van der Waals surface area contributed by atoms with Crippen molar-refractivity contribution >= 4 is 28.3 Å². The van der Waals surface area contributed by atoms with Crippen molar-refractivity contribution in [2.75, 3.05) is 32.1 Å². The maximum absolute atomic E-state index is 13.4. The fraction of sp³-hybridized carbons (Fsp3) is 0.360. The highest BCUT2D eigenvalue weighted by molar-refractivity contribution is 6.04. The van der Waals surface area contributed by atoms with Crippen LogP contribution in [0.1, 0.15) is 28.9 Å². The summed E-state index contributed by atoms with van der Waals surface area (Å²) < 4.78 is 6.79. The predicted octanol–water partition coefficient (Wildman–Crippen LogP) is 1.77. The number of aromatic nitrogens is 2. The van der Waals surface area contributed by atoms with Gasteiger partial charge in [-0.3, -0.25) is 14.4 Å². The van der Waals surface area contributed by atoms with E-state index in [1.807, 2.05) is 43.3 Å². The third-order valence-electron chi connectivity index (χ3n) is 6.01. The lowest BCUT2D eigenvalue weighted by Crippen LogP contribution is -2.41. The molecule has 2 amide bonds. The number of amides is 2. The van der Waals surface area contributed by atoms with Crippen molar-refractivity contribution in [3.8, 4) is 0 Å². The van der Waals surface area contributed by atoms with Crippen molar-refractivity contribution < 1.29 is 14.3 Å². The maximum atomic E-state index is 13.4. The average Bonchev–Trinajstić information content (AvgIpc) is 3.34. The molecule has 3 aromatic rings. The number of ether oxygens (including phenoxy) is 1. The van der Waals surface area contributed by atoms with Gasteiger partial charge < -0.3 is 20.3 Å². The van der Waals surface area contributed by atoms with Gasteiger partial charge in [-0.1, -0.05) is 30.3 Å². The first-order valence-electron chi connectivity index (χ1n) is 11.3. The average molecular weight is 464 g/mol.